The lowest BCUT2D eigenvalue weighted by atomic mass is 9.91. The van der Waals surface area contributed by atoms with E-state index in [4.69, 9.17) is 4.74 Å². The smallest absolute Gasteiger partial charge is 0.318 e. The number of aromatic nitrogens is 1. The second kappa shape index (κ2) is 11.1. The third-order valence-corrected chi connectivity index (χ3v) is 8.34. The molecule has 37 heavy (non-hydrogen) atoms. The van der Waals surface area contributed by atoms with Crippen LogP contribution in [0.4, 0.5) is 10.8 Å². The molecule has 0 saturated heterocycles. The van der Waals surface area contributed by atoms with Gasteiger partial charge in [-0.3, -0.25) is 25.0 Å². The molecule has 0 aliphatic heterocycles. The van der Waals surface area contributed by atoms with Gasteiger partial charge in [-0.1, -0.05) is 72.0 Å². The summed E-state index contributed by atoms with van der Waals surface area (Å²) in [7, 11) is -4.00. The Morgan fingerprint density at radius 1 is 0.946 bits per heavy atom. The van der Waals surface area contributed by atoms with Gasteiger partial charge in [0, 0.05) is 12.1 Å². The first-order chi connectivity index (χ1) is 17.8. The lowest BCUT2D eigenvalue weighted by molar-refractivity contribution is -0.384. The van der Waals surface area contributed by atoms with Crippen molar-refractivity contribution in [1.82, 2.24) is 4.98 Å². The van der Waals surface area contributed by atoms with Gasteiger partial charge in [-0.2, -0.15) is 0 Å². The average Bonchev–Trinajstić information content (AvgIpc) is 3.38. The number of amides is 1. The van der Waals surface area contributed by atoms with Crippen LogP contribution in [0.2, 0.25) is 0 Å². The summed E-state index contributed by atoms with van der Waals surface area (Å²) < 4.78 is 30.7. The number of non-ortho nitro benzene ring substituents is 1. The number of nitro groups is 1. The van der Waals surface area contributed by atoms with Gasteiger partial charge >= 0.3 is 5.97 Å². The molecular weight excluding hydrogens is 518 g/mol. The van der Waals surface area contributed by atoms with E-state index in [-0.39, 0.29) is 19.9 Å². The first-order valence-electron chi connectivity index (χ1n) is 10.8. The minimum Gasteiger partial charge on any atom is -0.455 e. The molecule has 3 aromatic carbocycles. The second-order valence-electron chi connectivity index (χ2n) is 7.65. The zero-order valence-corrected chi connectivity index (χ0v) is 20.6. The molecule has 0 unspecified atom stereocenters. The van der Waals surface area contributed by atoms with Crippen LogP contribution in [0.5, 0.6) is 0 Å². The molecule has 1 aromatic heterocycles. The van der Waals surface area contributed by atoms with Gasteiger partial charge in [-0.15, -0.1) is 0 Å². The highest BCUT2D eigenvalue weighted by molar-refractivity contribution is 7.93. The number of nitrogens with zero attached hydrogens (tertiary/aromatic N) is 2. The van der Waals surface area contributed by atoms with Gasteiger partial charge in [0.05, 0.1) is 16.0 Å². The van der Waals surface area contributed by atoms with E-state index in [1.165, 1.54) is 0 Å². The second-order valence-corrected chi connectivity index (χ2v) is 10.9. The maximum atomic E-state index is 12.9. The number of nitro benzene ring substituents is 1. The van der Waals surface area contributed by atoms with Crippen LogP contribution in [-0.2, 0) is 24.2 Å². The van der Waals surface area contributed by atoms with Gasteiger partial charge in [-0.25, -0.2) is 13.4 Å². The third-order valence-electron chi connectivity index (χ3n) is 5.20. The maximum Gasteiger partial charge on any atom is 0.318 e. The predicted octanol–water partition coefficient (Wildman–Crippen LogP) is 4.20. The van der Waals surface area contributed by atoms with Crippen molar-refractivity contribution in [2.24, 2.45) is 0 Å². The number of carbonyl (C=O) groups excluding carboxylic acids is 2. The monoisotopic (exact) mass is 537 g/mol. The largest absolute Gasteiger partial charge is 0.455 e. The summed E-state index contributed by atoms with van der Waals surface area (Å²) in [5.41, 5.74) is 1.17. The number of carbonyl (C=O) groups is 2. The number of anilines is 1. The van der Waals surface area contributed by atoms with Crippen molar-refractivity contribution in [3.05, 3.63) is 112 Å². The van der Waals surface area contributed by atoms with Crippen molar-refractivity contribution in [2.45, 2.75) is 15.0 Å². The molecular formula is C25H19N3O7S2. The summed E-state index contributed by atoms with van der Waals surface area (Å²) in [6.45, 7) is -0.598. The summed E-state index contributed by atoms with van der Waals surface area (Å²) in [5.74, 6) is -2.04. The highest BCUT2D eigenvalue weighted by atomic mass is 32.2. The molecule has 12 heteroatoms. The number of thiazole rings is 1. The number of rotatable bonds is 9. The Morgan fingerprint density at radius 3 is 2.05 bits per heavy atom. The van der Waals surface area contributed by atoms with Crippen molar-refractivity contribution in [1.29, 1.82) is 0 Å². The molecule has 1 N–H and O–H groups in total. The molecule has 0 radical (unpaired) electrons. The minimum atomic E-state index is -4.00. The van der Waals surface area contributed by atoms with Crippen LogP contribution >= 0.6 is 11.3 Å². The lowest BCUT2D eigenvalue weighted by Gasteiger charge is -2.16. The molecule has 0 atom stereocenters. The molecule has 4 rings (SSSR count). The Bertz CT molecular complexity index is 1480. The lowest BCUT2D eigenvalue weighted by Crippen LogP contribution is -2.24. The van der Waals surface area contributed by atoms with E-state index in [0.29, 0.717) is 22.5 Å². The van der Waals surface area contributed by atoms with Crippen LogP contribution in [0.1, 0.15) is 17.0 Å². The Morgan fingerprint density at radius 2 is 1.51 bits per heavy atom. The highest BCUT2D eigenvalue weighted by Gasteiger charge is 2.26. The standard InChI is InChI=1S/C25H19N3O7S2/c29-21(16-35-24(30)23(17-7-3-1-4-8-17)18-9-5-2-6-10-18)27-25-26-15-22(36-25)37(33,34)20-13-11-19(12-14-20)28(31)32/h1-15,23H,16H2,(H,26,27,29). The number of nitrogens with one attached hydrogen (secondary N) is 1. The fraction of sp³-hybridized carbons (Fsp3) is 0.0800. The van der Waals surface area contributed by atoms with E-state index < -0.39 is 39.2 Å². The zero-order chi connectivity index (χ0) is 26.4. The molecule has 1 amide bonds. The Hall–Kier alpha value is -4.42. The first kappa shape index (κ1) is 25.7. The van der Waals surface area contributed by atoms with E-state index in [9.17, 15) is 28.1 Å². The summed E-state index contributed by atoms with van der Waals surface area (Å²) in [5, 5.41) is 13.2. The molecule has 0 spiro atoms. The van der Waals surface area contributed by atoms with Crippen molar-refractivity contribution in [3.8, 4) is 0 Å². The SMILES string of the molecule is O=C(COC(=O)C(c1ccccc1)c1ccccc1)Nc1ncc(S(=O)(=O)c2ccc([N+](=O)[O-])cc2)s1. The quantitative estimate of drug-likeness (QED) is 0.190. The van der Waals surface area contributed by atoms with Crippen LogP contribution in [0.3, 0.4) is 0 Å². The maximum absolute atomic E-state index is 12.9. The molecule has 0 aliphatic carbocycles. The molecule has 10 nitrogen and oxygen atoms in total. The van der Waals surface area contributed by atoms with Gasteiger partial charge in [0.1, 0.15) is 10.1 Å². The number of benzene rings is 3. The molecule has 4 aromatic rings. The molecule has 0 saturated carbocycles. The molecule has 0 aliphatic rings. The van der Waals surface area contributed by atoms with E-state index in [2.05, 4.69) is 10.3 Å². The predicted molar refractivity (Wildman–Crippen MR) is 135 cm³/mol. The van der Waals surface area contributed by atoms with Gasteiger partial charge in [0.15, 0.2) is 11.7 Å². The summed E-state index contributed by atoms with van der Waals surface area (Å²) in [6, 6.07) is 22.5. The van der Waals surface area contributed by atoms with Crippen LogP contribution < -0.4 is 5.32 Å². The number of hydrogen-bond acceptors (Lipinski definition) is 9. The van der Waals surface area contributed by atoms with Crippen molar-refractivity contribution in [2.75, 3.05) is 11.9 Å². The Balaban J connectivity index is 1.41. The molecule has 1 heterocycles. The van der Waals surface area contributed by atoms with Crippen LogP contribution in [-0.4, -0.2) is 36.8 Å². The van der Waals surface area contributed by atoms with Crippen LogP contribution in [0.25, 0.3) is 0 Å². The highest BCUT2D eigenvalue weighted by Crippen LogP contribution is 2.30. The van der Waals surface area contributed by atoms with Crippen molar-refractivity contribution < 1.29 is 27.7 Å². The number of sulfone groups is 1. The topological polar surface area (TPSA) is 146 Å². The average molecular weight is 538 g/mol. The fourth-order valence-corrected chi connectivity index (χ4v) is 5.88. The zero-order valence-electron chi connectivity index (χ0n) is 19.0. The van der Waals surface area contributed by atoms with E-state index >= 15 is 0 Å². The van der Waals surface area contributed by atoms with Gasteiger partial charge in [-0.05, 0) is 23.3 Å². The number of ether oxygens (including phenoxy) is 1. The Kier molecular flexibility index (Phi) is 7.70. The summed E-state index contributed by atoms with van der Waals surface area (Å²) in [6.07, 6.45) is 1.07. The van der Waals surface area contributed by atoms with Crippen LogP contribution in [0, 0.1) is 10.1 Å². The van der Waals surface area contributed by atoms with E-state index in [1.807, 2.05) is 12.1 Å². The number of esters is 1. The van der Waals surface area contributed by atoms with Gasteiger partial charge < -0.3 is 4.74 Å². The Labute approximate surface area is 215 Å². The fourth-order valence-electron chi connectivity index (χ4n) is 3.44. The van der Waals surface area contributed by atoms with Crippen molar-refractivity contribution in [3.63, 3.8) is 0 Å². The van der Waals surface area contributed by atoms with Crippen molar-refractivity contribution >= 4 is 43.9 Å². The third kappa shape index (κ3) is 6.05. The summed E-state index contributed by atoms with van der Waals surface area (Å²) >= 11 is 0.702. The van der Waals surface area contributed by atoms with E-state index in [0.717, 1.165) is 30.5 Å². The van der Waals surface area contributed by atoms with E-state index in [1.54, 1.807) is 48.5 Å². The van der Waals surface area contributed by atoms with Gasteiger partial charge in [0.25, 0.3) is 11.6 Å². The molecule has 0 fully saturated rings. The summed E-state index contributed by atoms with van der Waals surface area (Å²) in [4.78, 5) is 39.2. The minimum absolute atomic E-state index is 0.01000. The molecule has 188 valence electrons. The molecule has 0 bridgehead atoms. The normalized spacial score (nSPS) is 11.2. The number of hydrogen-bond donors (Lipinski definition) is 1. The van der Waals surface area contributed by atoms with Gasteiger partial charge in [0.2, 0.25) is 9.84 Å². The first-order valence-corrected chi connectivity index (χ1v) is 13.1. The van der Waals surface area contributed by atoms with Crippen LogP contribution in [0.15, 0.2) is 100 Å².